The molecule has 1 fully saturated rings. The Balaban J connectivity index is 1.91. The Morgan fingerprint density at radius 2 is 2.06 bits per heavy atom. The summed E-state index contributed by atoms with van der Waals surface area (Å²) in [6.45, 7) is 3.22. The number of rotatable bonds is 4. The molecular formula is C12H21N3O. The van der Waals surface area contributed by atoms with E-state index >= 15 is 0 Å². The second-order valence-corrected chi connectivity index (χ2v) is 4.86. The normalized spacial score (nSPS) is 25.9. The van der Waals surface area contributed by atoms with Crippen LogP contribution in [0.3, 0.4) is 0 Å². The van der Waals surface area contributed by atoms with E-state index in [1.54, 1.807) is 0 Å². The highest BCUT2D eigenvalue weighted by Crippen LogP contribution is 2.33. The molecule has 0 amide bonds. The van der Waals surface area contributed by atoms with Crippen LogP contribution in [0.15, 0.2) is 4.52 Å². The van der Waals surface area contributed by atoms with Crippen molar-refractivity contribution in [3.05, 3.63) is 11.7 Å². The number of nitrogens with one attached hydrogen (secondary N) is 1. The molecule has 16 heavy (non-hydrogen) atoms. The lowest BCUT2D eigenvalue weighted by Crippen LogP contribution is -2.12. The number of aromatic nitrogens is 2. The zero-order valence-electron chi connectivity index (χ0n) is 10.2. The van der Waals surface area contributed by atoms with Gasteiger partial charge in [0.15, 0.2) is 5.82 Å². The number of likely N-dealkylation sites (N-methyl/N-ethyl adjacent to an activating group) is 1. The van der Waals surface area contributed by atoms with E-state index in [-0.39, 0.29) is 0 Å². The molecule has 4 nitrogen and oxygen atoms in total. The average molecular weight is 223 g/mol. The molecule has 2 rings (SSSR count). The van der Waals surface area contributed by atoms with Crippen LogP contribution in [0.2, 0.25) is 0 Å². The Labute approximate surface area is 96.8 Å². The van der Waals surface area contributed by atoms with Crippen molar-refractivity contribution in [2.75, 3.05) is 13.6 Å². The molecule has 0 unspecified atom stereocenters. The van der Waals surface area contributed by atoms with Crippen molar-refractivity contribution >= 4 is 0 Å². The maximum Gasteiger partial charge on any atom is 0.227 e. The van der Waals surface area contributed by atoms with Gasteiger partial charge < -0.3 is 9.84 Å². The van der Waals surface area contributed by atoms with Crippen molar-refractivity contribution < 1.29 is 4.52 Å². The Kier molecular flexibility index (Phi) is 3.93. The third kappa shape index (κ3) is 2.82. The second-order valence-electron chi connectivity index (χ2n) is 4.86. The summed E-state index contributed by atoms with van der Waals surface area (Å²) < 4.78 is 5.25. The molecule has 0 bridgehead atoms. The van der Waals surface area contributed by atoms with Gasteiger partial charge in [0.05, 0.1) is 0 Å². The van der Waals surface area contributed by atoms with Crippen LogP contribution in [0, 0.1) is 5.92 Å². The molecule has 0 aliphatic heterocycles. The highest BCUT2D eigenvalue weighted by Gasteiger charge is 2.23. The van der Waals surface area contributed by atoms with Gasteiger partial charge in [-0.3, -0.25) is 0 Å². The predicted octanol–water partition coefficient (Wildman–Crippen LogP) is 2.13. The van der Waals surface area contributed by atoms with Crippen molar-refractivity contribution in [3.63, 3.8) is 0 Å². The first-order valence-electron chi connectivity index (χ1n) is 6.26. The smallest absolute Gasteiger partial charge is 0.227 e. The molecule has 0 radical (unpaired) electrons. The van der Waals surface area contributed by atoms with Gasteiger partial charge in [-0.2, -0.15) is 4.98 Å². The molecule has 1 saturated carbocycles. The van der Waals surface area contributed by atoms with Crippen molar-refractivity contribution in [1.29, 1.82) is 0 Å². The molecule has 0 aromatic carbocycles. The molecule has 0 saturated heterocycles. The molecule has 1 N–H and O–H groups in total. The van der Waals surface area contributed by atoms with E-state index in [1.807, 2.05) is 7.05 Å². The minimum absolute atomic E-state index is 0.531. The standard InChI is InChI=1S/C12H21N3O/c1-9-3-5-10(6-4-9)12-14-11(16-15-12)7-8-13-2/h9-10,13H,3-8H2,1-2H3. The summed E-state index contributed by atoms with van der Waals surface area (Å²) in [5.41, 5.74) is 0. The van der Waals surface area contributed by atoms with Crippen LogP contribution in [-0.2, 0) is 6.42 Å². The van der Waals surface area contributed by atoms with Crippen molar-refractivity contribution in [2.24, 2.45) is 5.92 Å². The van der Waals surface area contributed by atoms with Gasteiger partial charge in [0.25, 0.3) is 0 Å². The second kappa shape index (κ2) is 5.43. The van der Waals surface area contributed by atoms with Gasteiger partial charge in [-0.25, -0.2) is 0 Å². The Bertz CT molecular complexity index is 316. The Morgan fingerprint density at radius 1 is 1.31 bits per heavy atom. The molecule has 90 valence electrons. The minimum Gasteiger partial charge on any atom is -0.339 e. The van der Waals surface area contributed by atoms with Crippen LogP contribution in [0.1, 0.15) is 50.2 Å². The van der Waals surface area contributed by atoms with Crippen molar-refractivity contribution in [2.45, 2.75) is 44.9 Å². The number of hydrogen-bond acceptors (Lipinski definition) is 4. The SMILES string of the molecule is CNCCc1nc(C2CCC(C)CC2)no1. The molecular weight excluding hydrogens is 202 g/mol. The quantitative estimate of drug-likeness (QED) is 0.849. The molecule has 0 atom stereocenters. The maximum atomic E-state index is 5.25. The van der Waals surface area contributed by atoms with Crippen LogP contribution < -0.4 is 5.32 Å². The van der Waals surface area contributed by atoms with E-state index in [9.17, 15) is 0 Å². The summed E-state index contributed by atoms with van der Waals surface area (Å²) in [5.74, 6) is 3.09. The highest BCUT2D eigenvalue weighted by molar-refractivity contribution is 4.97. The fraction of sp³-hybridized carbons (Fsp3) is 0.833. The lowest BCUT2D eigenvalue weighted by molar-refractivity contribution is 0.323. The lowest BCUT2D eigenvalue weighted by Gasteiger charge is -2.23. The van der Waals surface area contributed by atoms with Crippen LogP contribution in [0.5, 0.6) is 0 Å². The lowest BCUT2D eigenvalue weighted by atomic mass is 9.83. The summed E-state index contributed by atoms with van der Waals surface area (Å²) in [7, 11) is 1.93. The fourth-order valence-corrected chi connectivity index (χ4v) is 2.29. The summed E-state index contributed by atoms with van der Waals surface area (Å²) in [4.78, 5) is 4.48. The molecule has 1 aromatic rings. The third-order valence-electron chi connectivity index (χ3n) is 3.45. The van der Waals surface area contributed by atoms with E-state index in [2.05, 4.69) is 22.4 Å². The van der Waals surface area contributed by atoms with E-state index in [0.29, 0.717) is 5.92 Å². The Morgan fingerprint density at radius 3 is 2.75 bits per heavy atom. The summed E-state index contributed by atoms with van der Waals surface area (Å²) >= 11 is 0. The average Bonchev–Trinajstić information content (AvgIpc) is 2.76. The van der Waals surface area contributed by atoms with Crippen LogP contribution in [-0.4, -0.2) is 23.7 Å². The monoisotopic (exact) mass is 223 g/mol. The molecule has 0 spiro atoms. The first-order chi connectivity index (χ1) is 7.79. The zero-order valence-corrected chi connectivity index (χ0v) is 10.2. The topological polar surface area (TPSA) is 51.0 Å². The van der Waals surface area contributed by atoms with E-state index in [0.717, 1.165) is 30.6 Å². The summed E-state index contributed by atoms with van der Waals surface area (Å²) in [6.07, 6.45) is 5.85. The van der Waals surface area contributed by atoms with Crippen LogP contribution in [0.25, 0.3) is 0 Å². The summed E-state index contributed by atoms with van der Waals surface area (Å²) in [5, 5.41) is 7.19. The molecule has 1 aliphatic carbocycles. The number of hydrogen-bond donors (Lipinski definition) is 1. The van der Waals surface area contributed by atoms with Gasteiger partial charge in [0.2, 0.25) is 5.89 Å². The molecule has 4 heteroatoms. The van der Waals surface area contributed by atoms with Crippen molar-refractivity contribution in [3.8, 4) is 0 Å². The van der Waals surface area contributed by atoms with Gasteiger partial charge >= 0.3 is 0 Å². The predicted molar refractivity (Wildman–Crippen MR) is 62.3 cm³/mol. The summed E-state index contributed by atoms with van der Waals surface area (Å²) in [6, 6.07) is 0. The van der Waals surface area contributed by atoms with Crippen molar-refractivity contribution in [1.82, 2.24) is 15.5 Å². The largest absolute Gasteiger partial charge is 0.339 e. The van der Waals surface area contributed by atoms with Gasteiger partial charge in [0.1, 0.15) is 0 Å². The van der Waals surface area contributed by atoms with Gasteiger partial charge in [-0.1, -0.05) is 24.9 Å². The van der Waals surface area contributed by atoms with E-state index < -0.39 is 0 Å². The van der Waals surface area contributed by atoms with Crippen LogP contribution >= 0.6 is 0 Å². The molecule has 1 aliphatic rings. The number of nitrogens with zero attached hydrogens (tertiary/aromatic N) is 2. The van der Waals surface area contributed by atoms with Crippen LogP contribution in [0.4, 0.5) is 0 Å². The fourth-order valence-electron chi connectivity index (χ4n) is 2.29. The molecule has 1 heterocycles. The first-order valence-corrected chi connectivity index (χ1v) is 6.26. The highest BCUT2D eigenvalue weighted by atomic mass is 16.5. The van der Waals surface area contributed by atoms with Gasteiger partial charge in [0, 0.05) is 18.9 Å². The first kappa shape index (κ1) is 11.6. The van der Waals surface area contributed by atoms with Gasteiger partial charge in [-0.15, -0.1) is 0 Å². The molecule has 1 aromatic heterocycles. The zero-order chi connectivity index (χ0) is 11.4. The van der Waals surface area contributed by atoms with E-state index in [1.165, 1.54) is 25.7 Å². The third-order valence-corrected chi connectivity index (χ3v) is 3.45. The minimum atomic E-state index is 0.531. The van der Waals surface area contributed by atoms with E-state index in [4.69, 9.17) is 4.52 Å². The Hall–Kier alpha value is -0.900. The van der Waals surface area contributed by atoms with Gasteiger partial charge in [-0.05, 0) is 25.8 Å². The maximum absolute atomic E-state index is 5.25.